The Balaban J connectivity index is 4.32. The summed E-state index contributed by atoms with van der Waals surface area (Å²) in [5.74, 6) is 0. The van der Waals surface area contributed by atoms with Crippen molar-refractivity contribution < 1.29 is 8.42 Å². The van der Waals surface area contributed by atoms with Crippen LogP contribution in [0.25, 0.3) is 0 Å². The fraction of sp³-hybridized carbons (Fsp3) is 1.00. The Labute approximate surface area is 94.1 Å². The van der Waals surface area contributed by atoms with Crippen molar-refractivity contribution in [2.75, 3.05) is 20.1 Å². The van der Waals surface area contributed by atoms with Crippen LogP contribution in [0.2, 0.25) is 0 Å². The molecule has 0 aromatic rings. The molecule has 1 atom stereocenters. The van der Waals surface area contributed by atoms with Crippen molar-refractivity contribution in [1.82, 2.24) is 9.62 Å². The summed E-state index contributed by atoms with van der Waals surface area (Å²) in [6.07, 6.45) is 0.847. The second kappa shape index (κ2) is 6.45. The monoisotopic (exact) mass is 236 g/mol. The third-order valence-corrected chi connectivity index (χ3v) is 4.53. The molecule has 0 bridgehead atoms. The van der Waals surface area contributed by atoms with E-state index in [0.29, 0.717) is 19.1 Å². The maximum absolute atomic E-state index is 11.9. The van der Waals surface area contributed by atoms with Crippen LogP contribution in [0, 0.1) is 0 Å². The van der Waals surface area contributed by atoms with Gasteiger partial charge in [0.2, 0.25) is 10.0 Å². The molecule has 0 saturated heterocycles. The van der Waals surface area contributed by atoms with E-state index in [-0.39, 0.29) is 5.25 Å². The van der Waals surface area contributed by atoms with Crippen LogP contribution in [0.4, 0.5) is 0 Å². The summed E-state index contributed by atoms with van der Waals surface area (Å²) in [6, 6.07) is 0.319. The van der Waals surface area contributed by atoms with Gasteiger partial charge in [-0.25, -0.2) is 12.7 Å². The summed E-state index contributed by atoms with van der Waals surface area (Å²) in [5, 5.41) is 2.78. The standard InChI is InChI=1S/C10H24N2O2S/c1-6-7-12(5)15(13,14)10(4)8-11-9(2)3/h9-11H,6-8H2,1-5H3. The zero-order valence-corrected chi connectivity index (χ0v) is 11.3. The molecule has 0 fully saturated rings. The number of nitrogens with one attached hydrogen (secondary N) is 1. The number of rotatable bonds is 7. The third kappa shape index (κ3) is 4.95. The predicted octanol–water partition coefficient (Wildman–Crippen LogP) is 1.04. The van der Waals surface area contributed by atoms with Gasteiger partial charge in [-0.15, -0.1) is 0 Å². The van der Waals surface area contributed by atoms with Crippen molar-refractivity contribution in [3.8, 4) is 0 Å². The van der Waals surface area contributed by atoms with Crippen LogP contribution in [0.3, 0.4) is 0 Å². The van der Waals surface area contributed by atoms with Crippen LogP contribution in [-0.4, -0.2) is 44.2 Å². The Morgan fingerprint density at radius 3 is 2.20 bits per heavy atom. The molecule has 0 rings (SSSR count). The lowest BCUT2D eigenvalue weighted by molar-refractivity contribution is 0.453. The Bertz CT molecular complexity index is 263. The fourth-order valence-electron chi connectivity index (χ4n) is 1.26. The molecule has 0 aliphatic rings. The molecule has 0 heterocycles. The Kier molecular flexibility index (Phi) is 6.40. The highest BCUT2D eigenvalue weighted by molar-refractivity contribution is 7.89. The molecule has 4 nitrogen and oxygen atoms in total. The molecule has 92 valence electrons. The maximum Gasteiger partial charge on any atom is 0.217 e. The van der Waals surface area contributed by atoms with Crippen LogP contribution in [0.15, 0.2) is 0 Å². The van der Waals surface area contributed by atoms with Gasteiger partial charge in [-0.1, -0.05) is 20.8 Å². The first-order valence-electron chi connectivity index (χ1n) is 5.50. The lowest BCUT2D eigenvalue weighted by atomic mass is 10.3. The van der Waals surface area contributed by atoms with Crippen LogP contribution in [0.1, 0.15) is 34.1 Å². The summed E-state index contributed by atoms with van der Waals surface area (Å²) < 4.78 is 25.3. The molecule has 0 aliphatic heterocycles. The lowest BCUT2D eigenvalue weighted by Crippen LogP contribution is -2.41. The minimum atomic E-state index is -3.13. The highest BCUT2D eigenvalue weighted by Gasteiger charge is 2.24. The molecule has 5 heteroatoms. The van der Waals surface area contributed by atoms with Crippen LogP contribution in [-0.2, 0) is 10.0 Å². The molecule has 0 saturated carbocycles. The quantitative estimate of drug-likeness (QED) is 0.718. The Hall–Kier alpha value is -0.130. The average Bonchev–Trinajstić information content (AvgIpc) is 2.14. The van der Waals surface area contributed by atoms with E-state index in [2.05, 4.69) is 5.32 Å². The van der Waals surface area contributed by atoms with Gasteiger partial charge in [0.05, 0.1) is 5.25 Å². The molecule has 0 aromatic heterocycles. The Morgan fingerprint density at radius 2 is 1.80 bits per heavy atom. The number of hydrogen-bond acceptors (Lipinski definition) is 3. The topological polar surface area (TPSA) is 49.4 Å². The molecule has 1 N–H and O–H groups in total. The molecular weight excluding hydrogens is 212 g/mol. The van der Waals surface area contributed by atoms with Crippen molar-refractivity contribution in [3.05, 3.63) is 0 Å². The second-order valence-electron chi connectivity index (χ2n) is 4.24. The minimum absolute atomic E-state index is 0.319. The average molecular weight is 236 g/mol. The maximum atomic E-state index is 11.9. The molecular formula is C10H24N2O2S. The molecule has 0 aromatic carbocycles. The van der Waals surface area contributed by atoms with Crippen LogP contribution in [0.5, 0.6) is 0 Å². The van der Waals surface area contributed by atoms with Crippen molar-refractivity contribution in [1.29, 1.82) is 0 Å². The van der Waals surface area contributed by atoms with E-state index in [1.807, 2.05) is 20.8 Å². The van der Waals surface area contributed by atoms with E-state index >= 15 is 0 Å². The van der Waals surface area contributed by atoms with Gasteiger partial charge in [0.15, 0.2) is 0 Å². The number of sulfonamides is 1. The second-order valence-corrected chi connectivity index (χ2v) is 6.70. The molecule has 0 amide bonds. The summed E-state index contributed by atoms with van der Waals surface area (Å²) in [4.78, 5) is 0. The van der Waals surface area contributed by atoms with Gasteiger partial charge in [0.25, 0.3) is 0 Å². The summed E-state index contributed by atoms with van der Waals surface area (Å²) in [6.45, 7) is 8.84. The van der Waals surface area contributed by atoms with Gasteiger partial charge in [-0.2, -0.15) is 0 Å². The fourth-order valence-corrected chi connectivity index (χ4v) is 2.61. The van der Waals surface area contributed by atoms with E-state index in [0.717, 1.165) is 6.42 Å². The predicted molar refractivity (Wildman–Crippen MR) is 64.4 cm³/mol. The van der Waals surface area contributed by atoms with Gasteiger partial charge < -0.3 is 5.32 Å². The van der Waals surface area contributed by atoms with Gasteiger partial charge in [0, 0.05) is 26.2 Å². The summed E-state index contributed by atoms with van der Waals surface area (Å²) in [5.41, 5.74) is 0. The van der Waals surface area contributed by atoms with E-state index in [1.54, 1.807) is 14.0 Å². The Morgan fingerprint density at radius 1 is 1.27 bits per heavy atom. The van der Waals surface area contributed by atoms with Crippen molar-refractivity contribution in [2.24, 2.45) is 0 Å². The van der Waals surface area contributed by atoms with E-state index in [4.69, 9.17) is 0 Å². The van der Waals surface area contributed by atoms with E-state index in [9.17, 15) is 8.42 Å². The normalized spacial score (nSPS) is 14.9. The zero-order chi connectivity index (χ0) is 12.1. The van der Waals surface area contributed by atoms with Gasteiger partial charge in [-0.3, -0.25) is 0 Å². The third-order valence-electron chi connectivity index (χ3n) is 2.29. The smallest absolute Gasteiger partial charge is 0.217 e. The number of nitrogens with zero attached hydrogens (tertiary/aromatic N) is 1. The highest BCUT2D eigenvalue weighted by Crippen LogP contribution is 2.06. The van der Waals surface area contributed by atoms with E-state index < -0.39 is 10.0 Å². The molecule has 0 spiro atoms. The van der Waals surface area contributed by atoms with Crippen LogP contribution < -0.4 is 5.32 Å². The largest absolute Gasteiger partial charge is 0.313 e. The zero-order valence-electron chi connectivity index (χ0n) is 10.4. The van der Waals surface area contributed by atoms with Gasteiger partial charge in [0.1, 0.15) is 0 Å². The van der Waals surface area contributed by atoms with Gasteiger partial charge in [-0.05, 0) is 13.3 Å². The molecule has 1 unspecified atom stereocenters. The summed E-state index contributed by atoms with van der Waals surface area (Å²) in [7, 11) is -1.48. The molecule has 15 heavy (non-hydrogen) atoms. The summed E-state index contributed by atoms with van der Waals surface area (Å²) >= 11 is 0. The first-order valence-corrected chi connectivity index (χ1v) is 7.01. The van der Waals surface area contributed by atoms with Crippen molar-refractivity contribution in [2.45, 2.75) is 45.4 Å². The van der Waals surface area contributed by atoms with Crippen LogP contribution >= 0.6 is 0 Å². The number of hydrogen-bond donors (Lipinski definition) is 1. The highest BCUT2D eigenvalue weighted by atomic mass is 32.2. The van der Waals surface area contributed by atoms with Crippen molar-refractivity contribution in [3.63, 3.8) is 0 Å². The molecule has 0 radical (unpaired) electrons. The first-order chi connectivity index (χ1) is 6.82. The van der Waals surface area contributed by atoms with Crippen molar-refractivity contribution >= 4 is 10.0 Å². The minimum Gasteiger partial charge on any atom is -0.313 e. The molecule has 0 aliphatic carbocycles. The first kappa shape index (κ1) is 14.9. The lowest BCUT2D eigenvalue weighted by Gasteiger charge is -2.22. The SMILES string of the molecule is CCCN(C)S(=O)(=O)C(C)CNC(C)C. The van der Waals surface area contributed by atoms with Gasteiger partial charge >= 0.3 is 0 Å². The van der Waals surface area contributed by atoms with E-state index in [1.165, 1.54) is 4.31 Å².